The molecule has 6 N–H and O–H groups in total. The highest BCUT2D eigenvalue weighted by atomic mass is 16.4. The van der Waals surface area contributed by atoms with Crippen LogP contribution in [-0.4, -0.2) is 35.6 Å². The fraction of sp³-hybridized carbons (Fsp3) is 0.778. The Balaban J connectivity index is 4.29. The van der Waals surface area contributed by atoms with Gasteiger partial charge in [-0.3, -0.25) is 4.79 Å². The van der Waals surface area contributed by atoms with Crippen LogP contribution in [0.5, 0.6) is 0 Å². The number of hydrogen-bond donors (Lipinski definition) is 4. The molecule has 0 aliphatic carbocycles. The minimum atomic E-state index is -1.05. The third-order valence-corrected chi connectivity index (χ3v) is 1.91. The van der Waals surface area contributed by atoms with Crippen LogP contribution < -0.4 is 16.8 Å². The number of nitrogens with one attached hydrogen (secondary N) is 1. The van der Waals surface area contributed by atoms with Crippen LogP contribution >= 0.6 is 0 Å². The molecule has 0 saturated carbocycles. The van der Waals surface area contributed by atoms with E-state index in [1.54, 1.807) is 0 Å². The zero-order chi connectivity index (χ0) is 12.0. The average Bonchev–Trinajstić information content (AvgIpc) is 2.14. The summed E-state index contributed by atoms with van der Waals surface area (Å²) < 4.78 is 0. The summed E-state index contributed by atoms with van der Waals surface area (Å²) in [6, 6.07) is -1.74. The number of amides is 1. The van der Waals surface area contributed by atoms with E-state index >= 15 is 0 Å². The van der Waals surface area contributed by atoms with Crippen molar-refractivity contribution >= 4 is 11.9 Å². The Hall–Kier alpha value is -1.14. The molecule has 2 atom stereocenters. The zero-order valence-corrected chi connectivity index (χ0v) is 9.06. The van der Waals surface area contributed by atoms with Gasteiger partial charge in [-0.1, -0.05) is 13.8 Å². The van der Waals surface area contributed by atoms with Gasteiger partial charge in [-0.2, -0.15) is 0 Å². The number of carbonyl (C=O) groups is 2. The largest absolute Gasteiger partial charge is 0.480 e. The van der Waals surface area contributed by atoms with Crippen molar-refractivity contribution in [3.05, 3.63) is 0 Å². The maximum absolute atomic E-state index is 11.3. The highest BCUT2D eigenvalue weighted by molar-refractivity contribution is 5.86. The number of carbonyl (C=O) groups excluding carboxylic acids is 1. The second kappa shape index (κ2) is 6.36. The van der Waals surface area contributed by atoms with Gasteiger partial charge in [0.05, 0.1) is 6.04 Å². The van der Waals surface area contributed by atoms with Crippen LogP contribution in [0.3, 0.4) is 0 Å². The lowest BCUT2D eigenvalue weighted by molar-refractivity contribution is -0.142. The number of carboxylic acids is 1. The highest BCUT2D eigenvalue weighted by Gasteiger charge is 2.23. The van der Waals surface area contributed by atoms with Gasteiger partial charge in [-0.15, -0.1) is 0 Å². The second-order valence-electron chi connectivity index (χ2n) is 3.87. The van der Waals surface area contributed by atoms with E-state index in [4.69, 9.17) is 16.6 Å². The average molecular weight is 217 g/mol. The smallest absolute Gasteiger partial charge is 0.326 e. The van der Waals surface area contributed by atoms with Crippen LogP contribution in [0.2, 0.25) is 0 Å². The van der Waals surface area contributed by atoms with Gasteiger partial charge >= 0.3 is 5.97 Å². The van der Waals surface area contributed by atoms with Crippen molar-refractivity contribution in [2.45, 2.75) is 32.4 Å². The summed E-state index contributed by atoms with van der Waals surface area (Å²) in [5.74, 6) is -1.40. The minimum Gasteiger partial charge on any atom is -0.480 e. The van der Waals surface area contributed by atoms with Crippen molar-refractivity contribution in [3.63, 3.8) is 0 Å². The molecule has 0 radical (unpaired) electrons. The third-order valence-electron chi connectivity index (χ3n) is 1.91. The Bertz CT molecular complexity index is 231. The molecule has 0 aliphatic rings. The Morgan fingerprint density at radius 3 is 2.27 bits per heavy atom. The van der Waals surface area contributed by atoms with Gasteiger partial charge in [0.1, 0.15) is 6.04 Å². The Morgan fingerprint density at radius 2 is 1.93 bits per heavy atom. The molecule has 1 amide bonds. The Labute approximate surface area is 89.0 Å². The molecule has 0 aliphatic heterocycles. The molecular formula is C9H19N3O3. The first-order valence-electron chi connectivity index (χ1n) is 4.87. The molecule has 0 bridgehead atoms. The quantitative estimate of drug-likeness (QED) is 0.450. The first kappa shape index (κ1) is 13.9. The third kappa shape index (κ3) is 5.34. The van der Waals surface area contributed by atoms with Crippen molar-refractivity contribution in [1.29, 1.82) is 0 Å². The van der Waals surface area contributed by atoms with Crippen molar-refractivity contribution < 1.29 is 14.7 Å². The van der Waals surface area contributed by atoms with E-state index in [-0.39, 0.29) is 12.5 Å². The lowest BCUT2D eigenvalue weighted by Crippen LogP contribution is -2.51. The highest BCUT2D eigenvalue weighted by Crippen LogP contribution is 2.04. The maximum atomic E-state index is 11.3. The molecule has 0 rings (SSSR count). The number of aliphatic carboxylic acids is 1. The van der Waals surface area contributed by atoms with E-state index in [2.05, 4.69) is 5.32 Å². The van der Waals surface area contributed by atoms with Gasteiger partial charge in [0.15, 0.2) is 0 Å². The molecule has 0 spiro atoms. The molecule has 0 aromatic heterocycles. The van der Waals surface area contributed by atoms with Crippen molar-refractivity contribution in [2.24, 2.45) is 17.4 Å². The summed E-state index contributed by atoms with van der Waals surface area (Å²) in [6.07, 6.45) is 0.373. The summed E-state index contributed by atoms with van der Waals surface area (Å²) in [5, 5.41) is 11.2. The van der Waals surface area contributed by atoms with Crippen LogP contribution in [0.1, 0.15) is 20.3 Å². The summed E-state index contributed by atoms with van der Waals surface area (Å²) in [7, 11) is 0. The Morgan fingerprint density at radius 1 is 1.40 bits per heavy atom. The predicted octanol–water partition coefficient (Wildman–Crippen LogP) is -1.11. The van der Waals surface area contributed by atoms with Crippen molar-refractivity contribution in [2.75, 3.05) is 6.54 Å². The fourth-order valence-corrected chi connectivity index (χ4v) is 1.08. The zero-order valence-electron chi connectivity index (χ0n) is 9.06. The SMILES string of the molecule is CC(C)C[C@H](NC(=O)C(N)CN)C(=O)O. The van der Waals surface area contributed by atoms with E-state index in [9.17, 15) is 9.59 Å². The molecule has 0 heterocycles. The van der Waals surface area contributed by atoms with Crippen LogP contribution in [0, 0.1) is 5.92 Å². The van der Waals surface area contributed by atoms with E-state index in [0.717, 1.165) is 0 Å². The topological polar surface area (TPSA) is 118 Å². The van der Waals surface area contributed by atoms with Gasteiger partial charge < -0.3 is 21.9 Å². The van der Waals surface area contributed by atoms with Crippen molar-refractivity contribution in [3.8, 4) is 0 Å². The van der Waals surface area contributed by atoms with Gasteiger partial charge in [-0.05, 0) is 12.3 Å². The van der Waals surface area contributed by atoms with Gasteiger partial charge in [0.25, 0.3) is 0 Å². The number of rotatable bonds is 6. The van der Waals surface area contributed by atoms with Crippen molar-refractivity contribution in [1.82, 2.24) is 5.32 Å². The first-order valence-corrected chi connectivity index (χ1v) is 4.87. The molecule has 0 aromatic rings. The molecule has 0 fully saturated rings. The van der Waals surface area contributed by atoms with E-state index in [1.807, 2.05) is 13.8 Å². The summed E-state index contributed by atoms with van der Waals surface area (Å²) in [5.41, 5.74) is 10.6. The molecule has 6 nitrogen and oxygen atoms in total. The lowest BCUT2D eigenvalue weighted by Gasteiger charge is -2.18. The summed E-state index contributed by atoms with van der Waals surface area (Å²) in [6.45, 7) is 3.76. The fourth-order valence-electron chi connectivity index (χ4n) is 1.08. The predicted molar refractivity (Wildman–Crippen MR) is 56.1 cm³/mol. The first-order chi connectivity index (χ1) is 6.88. The molecule has 0 aromatic carbocycles. The van der Waals surface area contributed by atoms with Gasteiger partial charge in [-0.25, -0.2) is 4.79 Å². The molecule has 6 heteroatoms. The second-order valence-corrected chi connectivity index (χ2v) is 3.87. The summed E-state index contributed by atoms with van der Waals surface area (Å²) >= 11 is 0. The van der Waals surface area contributed by atoms with Crippen LogP contribution in [0.15, 0.2) is 0 Å². The van der Waals surface area contributed by atoms with E-state index < -0.39 is 24.0 Å². The van der Waals surface area contributed by atoms with Gasteiger partial charge in [0, 0.05) is 6.54 Å². The molecular weight excluding hydrogens is 198 g/mol. The number of nitrogens with two attached hydrogens (primary N) is 2. The van der Waals surface area contributed by atoms with Gasteiger partial charge in [0.2, 0.25) is 5.91 Å². The standard InChI is InChI=1S/C9H19N3O3/c1-5(2)3-7(9(14)15)12-8(13)6(11)4-10/h5-7H,3-4,10-11H2,1-2H3,(H,12,13)(H,14,15)/t6?,7-/m0/s1. The molecule has 0 saturated heterocycles. The normalized spacial score (nSPS) is 14.7. The van der Waals surface area contributed by atoms with Crippen LogP contribution in [0.25, 0.3) is 0 Å². The van der Waals surface area contributed by atoms with E-state index in [0.29, 0.717) is 6.42 Å². The molecule has 15 heavy (non-hydrogen) atoms. The minimum absolute atomic E-state index is 0.000148. The van der Waals surface area contributed by atoms with Crippen LogP contribution in [-0.2, 0) is 9.59 Å². The monoisotopic (exact) mass is 217 g/mol. The Kier molecular flexibility index (Phi) is 5.88. The summed E-state index contributed by atoms with van der Waals surface area (Å²) in [4.78, 5) is 22.1. The lowest BCUT2D eigenvalue weighted by atomic mass is 10.0. The van der Waals surface area contributed by atoms with Crippen LogP contribution in [0.4, 0.5) is 0 Å². The maximum Gasteiger partial charge on any atom is 0.326 e. The molecule has 88 valence electrons. The number of carboxylic acid groups (broad SMARTS) is 1. The van der Waals surface area contributed by atoms with E-state index in [1.165, 1.54) is 0 Å². The number of hydrogen-bond acceptors (Lipinski definition) is 4. The molecule has 1 unspecified atom stereocenters.